The number of hydrogen-bond acceptors (Lipinski definition) is 3. The van der Waals surface area contributed by atoms with Crippen molar-refractivity contribution >= 4 is 21.6 Å². The summed E-state index contributed by atoms with van der Waals surface area (Å²) >= 11 is 6.04. The van der Waals surface area contributed by atoms with E-state index in [0.29, 0.717) is 5.02 Å². The molecule has 7 heteroatoms. The Morgan fingerprint density at radius 1 is 0.962 bits per heavy atom. The number of primary sulfonamides is 1. The average Bonchev–Trinajstić information content (AvgIpc) is 3.01. The Balaban J connectivity index is 1.88. The predicted molar refractivity (Wildman–Crippen MR) is 102 cm³/mol. The Labute approximate surface area is 157 Å². The molecule has 26 heavy (non-hydrogen) atoms. The highest BCUT2D eigenvalue weighted by molar-refractivity contribution is 7.89. The van der Waals surface area contributed by atoms with Crippen molar-refractivity contribution in [2.75, 3.05) is 0 Å². The lowest BCUT2D eigenvalue weighted by Gasteiger charge is -2.13. The van der Waals surface area contributed by atoms with Gasteiger partial charge in [0.05, 0.1) is 22.0 Å². The molecule has 0 bridgehead atoms. The Morgan fingerprint density at radius 3 is 2.27 bits per heavy atom. The fourth-order valence-corrected chi connectivity index (χ4v) is 4.06. The minimum atomic E-state index is -3.72. The lowest BCUT2D eigenvalue weighted by Crippen LogP contribution is -2.12. The van der Waals surface area contributed by atoms with Crippen LogP contribution < -0.4 is 5.14 Å². The first-order valence-corrected chi connectivity index (χ1v) is 10.4. The number of fused-ring (bicyclic) bond motifs is 1. The quantitative estimate of drug-likeness (QED) is 0.743. The summed E-state index contributed by atoms with van der Waals surface area (Å²) in [5.41, 5.74) is 5.25. The summed E-state index contributed by atoms with van der Waals surface area (Å²) in [6.07, 6.45) is 4.22. The molecule has 1 aromatic heterocycles. The molecule has 0 fully saturated rings. The number of aryl methyl sites for hydroxylation is 1. The molecule has 1 heterocycles. The van der Waals surface area contributed by atoms with Gasteiger partial charge >= 0.3 is 0 Å². The smallest absolute Gasteiger partial charge is 0.233 e. The van der Waals surface area contributed by atoms with E-state index in [2.05, 4.69) is 0 Å². The van der Waals surface area contributed by atoms with Crippen LogP contribution in [0.1, 0.15) is 24.1 Å². The first-order valence-electron chi connectivity index (χ1n) is 8.43. The molecule has 2 aromatic carbocycles. The van der Waals surface area contributed by atoms with Crippen molar-refractivity contribution in [3.63, 3.8) is 0 Å². The van der Waals surface area contributed by atoms with Crippen molar-refractivity contribution in [1.82, 2.24) is 9.78 Å². The largest absolute Gasteiger partial charge is 0.238 e. The highest BCUT2D eigenvalue weighted by Crippen LogP contribution is 2.34. The Hall–Kier alpha value is -2.15. The van der Waals surface area contributed by atoms with Crippen LogP contribution in [0, 0.1) is 0 Å². The molecule has 3 aromatic rings. The molecule has 134 valence electrons. The number of benzene rings is 2. The molecule has 4 rings (SSSR count). The van der Waals surface area contributed by atoms with Gasteiger partial charge in [-0.1, -0.05) is 23.7 Å². The number of aromatic nitrogens is 2. The molecule has 0 aliphatic heterocycles. The van der Waals surface area contributed by atoms with Gasteiger partial charge in [-0.3, -0.25) is 0 Å². The molecule has 5 nitrogen and oxygen atoms in total. The highest BCUT2D eigenvalue weighted by Gasteiger charge is 2.22. The number of sulfonamides is 1. The molecule has 0 unspecified atom stereocenters. The topological polar surface area (TPSA) is 78.0 Å². The van der Waals surface area contributed by atoms with Crippen LogP contribution in [0.5, 0.6) is 0 Å². The van der Waals surface area contributed by atoms with Gasteiger partial charge in [-0.2, -0.15) is 5.10 Å². The van der Waals surface area contributed by atoms with Crippen LogP contribution in [-0.2, 0) is 22.9 Å². The van der Waals surface area contributed by atoms with E-state index in [0.717, 1.165) is 48.3 Å². The zero-order valence-corrected chi connectivity index (χ0v) is 15.6. The maximum absolute atomic E-state index is 11.5. The molecule has 0 saturated heterocycles. The van der Waals surface area contributed by atoms with E-state index < -0.39 is 10.0 Å². The monoisotopic (exact) mass is 387 g/mol. The second-order valence-electron chi connectivity index (χ2n) is 6.44. The van der Waals surface area contributed by atoms with Gasteiger partial charge < -0.3 is 0 Å². The SMILES string of the molecule is NS(=O)(=O)c1ccc(-n2nc3c(c2-c2ccc(Cl)cc2)CCCC3)cc1. The molecule has 0 atom stereocenters. The van der Waals surface area contributed by atoms with E-state index in [1.165, 1.54) is 17.7 Å². The van der Waals surface area contributed by atoms with E-state index in [1.54, 1.807) is 12.1 Å². The molecular weight excluding hydrogens is 370 g/mol. The van der Waals surface area contributed by atoms with Crippen LogP contribution in [0.3, 0.4) is 0 Å². The Kier molecular flexibility index (Phi) is 4.34. The summed E-state index contributed by atoms with van der Waals surface area (Å²) in [6, 6.07) is 14.2. The third kappa shape index (κ3) is 3.16. The van der Waals surface area contributed by atoms with Gasteiger partial charge in [0.2, 0.25) is 10.0 Å². The summed E-state index contributed by atoms with van der Waals surface area (Å²) in [5.74, 6) is 0. The normalized spacial score (nSPS) is 14.2. The number of halogens is 1. The van der Waals surface area contributed by atoms with Crippen molar-refractivity contribution in [3.05, 3.63) is 64.8 Å². The van der Waals surface area contributed by atoms with E-state index in [1.807, 2.05) is 28.9 Å². The summed E-state index contributed by atoms with van der Waals surface area (Å²) in [5, 5.41) is 10.7. The van der Waals surface area contributed by atoms with Crippen molar-refractivity contribution in [2.45, 2.75) is 30.6 Å². The highest BCUT2D eigenvalue weighted by atomic mass is 35.5. The maximum Gasteiger partial charge on any atom is 0.238 e. The number of hydrogen-bond donors (Lipinski definition) is 1. The third-order valence-electron chi connectivity index (χ3n) is 4.68. The summed E-state index contributed by atoms with van der Waals surface area (Å²) in [7, 11) is -3.72. The zero-order chi connectivity index (χ0) is 18.3. The fraction of sp³-hybridized carbons (Fsp3) is 0.211. The van der Waals surface area contributed by atoms with Crippen molar-refractivity contribution in [2.24, 2.45) is 5.14 Å². The first kappa shape index (κ1) is 17.3. The van der Waals surface area contributed by atoms with E-state index >= 15 is 0 Å². The molecule has 1 aliphatic carbocycles. The number of rotatable bonds is 3. The fourth-order valence-electron chi connectivity index (χ4n) is 3.42. The Morgan fingerprint density at radius 2 is 1.62 bits per heavy atom. The van der Waals surface area contributed by atoms with Crippen LogP contribution in [0.4, 0.5) is 0 Å². The van der Waals surface area contributed by atoms with Gasteiger partial charge in [-0.05, 0) is 62.1 Å². The second kappa shape index (κ2) is 6.54. The zero-order valence-electron chi connectivity index (χ0n) is 14.0. The average molecular weight is 388 g/mol. The lowest BCUT2D eigenvalue weighted by molar-refractivity contribution is 0.598. The minimum absolute atomic E-state index is 0.0891. The lowest BCUT2D eigenvalue weighted by atomic mass is 9.93. The van der Waals surface area contributed by atoms with Crippen molar-refractivity contribution in [1.29, 1.82) is 0 Å². The number of nitrogens with zero attached hydrogens (tertiary/aromatic N) is 2. The second-order valence-corrected chi connectivity index (χ2v) is 8.44. The van der Waals surface area contributed by atoms with Gasteiger partial charge in [0, 0.05) is 16.1 Å². The first-order chi connectivity index (χ1) is 12.4. The summed E-state index contributed by atoms with van der Waals surface area (Å²) in [4.78, 5) is 0.0891. The van der Waals surface area contributed by atoms with Crippen molar-refractivity contribution < 1.29 is 8.42 Å². The molecule has 0 amide bonds. The molecule has 2 N–H and O–H groups in total. The molecule has 0 spiro atoms. The summed E-state index contributed by atoms with van der Waals surface area (Å²) < 4.78 is 24.9. The third-order valence-corrected chi connectivity index (χ3v) is 5.87. The van der Waals surface area contributed by atoms with E-state index in [9.17, 15) is 8.42 Å². The van der Waals surface area contributed by atoms with Crippen LogP contribution in [0.15, 0.2) is 53.4 Å². The van der Waals surface area contributed by atoms with E-state index in [-0.39, 0.29) is 4.90 Å². The molecular formula is C19H18ClN3O2S. The molecule has 1 aliphatic rings. The molecule has 0 saturated carbocycles. The van der Waals surface area contributed by atoms with Gasteiger partial charge in [-0.15, -0.1) is 0 Å². The van der Waals surface area contributed by atoms with E-state index in [4.69, 9.17) is 21.8 Å². The summed E-state index contributed by atoms with van der Waals surface area (Å²) in [6.45, 7) is 0. The number of nitrogens with two attached hydrogens (primary N) is 1. The van der Waals surface area contributed by atoms with Gasteiger partial charge in [0.25, 0.3) is 0 Å². The van der Waals surface area contributed by atoms with Crippen LogP contribution >= 0.6 is 11.6 Å². The van der Waals surface area contributed by atoms with Gasteiger partial charge in [0.15, 0.2) is 0 Å². The van der Waals surface area contributed by atoms with Crippen LogP contribution in [0.25, 0.3) is 16.9 Å². The van der Waals surface area contributed by atoms with Crippen LogP contribution in [0.2, 0.25) is 5.02 Å². The Bertz CT molecular complexity index is 1060. The maximum atomic E-state index is 11.5. The standard InChI is InChI=1S/C19H18ClN3O2S/c20-14-7-5-13(6-8-14)19-17-3-1-2-4-18(17)22-23(19)15-9-11-16(12-10-15)26(21,24)25/h5-12H,1-4H2,(H2,21,24,25). The van der Waals surface area contributed by atoms with Gasteiger partial charge in [0.1, 0.15) is 0 Å². The van der Waals surface area contributed by atoms with Crippen LogP contribution in [-0.4, -0.2) is 18.2 Å². The predicted octanol–water partition coefficient (Wildman–Crippen LogP) is 3.72. The van der Waals surface area contributed by atoms with Crippen molar-refractivity contribution in [3.8, 4) is 16.9 Å². The minimum Gasteiger partial charge on any atom is -0.233 e. The molecule has 0 radical (unpaired) electrons. The van der Waals surface area contributed by atoms with Gasteiger partial charge in [-0.25, -0.2) is 18.2 Å².